The predicted octanol–water partition coefficient (Wildman–Crippen LogP) is 1.83. The van der Waals surface area contributed by atoms with Crippen LogP contribution in [0, 0.1) is 0 Å². The van der Waals surface area contributed by atoms with Gasteiger partial charge in [-0.05, 0) is 23.1 Å². The van der Waals surface area contributed by atoms with E-state index in [0.717, 1.165) is 22.3 Å². The monoisotopic (exact) mass is 286 g/mol. The van der Waals surface area contributed by atoms with Crippen LogP contribution in [-0.4, -0.2) is 14.3 Å². The molecule has 3 rings (SSSR count). The molecule has 0 atom stereocenters. The fourth-order valence-electron chi connectivity index (χ4n) is 2.49. The molecule has 0 radical (unpaired) electrons. The number of benzene rings is 2. The summed E-state index contributed by atoms with van der Waals surface area (Å²) in [4.78, 5) is 0. The number of rotatable bonds is 2. The maximum absolute atomic E-state index is 11.6. The summed E-state index contributed by atoms with van der Waals surface area (Å²) in [6.45, 7) is 0. The second-order valence-electron chi connectivity index (χ2n) is 4.82. The second kappa shape index (κ2) is 4.76. The van der Waals surface area contributed by atoms with Gasteiger partial charge in [0.1, 0.15) is 5.84 Å². The minimum atomic E-state index is -3.47. The Bertz CT molecular complexity index is 781. The first-order valence-electron chi connectivity index (χ1n) is 6.28. The zero-order valence-corrected chi connectivity index (χ0v) is 11.6. The Morgan fingerprint density at radius 1 is 1.05 bits per heavy atom. The lowest BCUT2D eigenvalue weighted by molar-refractivity contribution is 0.596. The van der Waals surface area contributed by atoms with Crippen LogP contribution in [-0.2, 0) is 22.2 Å². The number of amidine groups is 1. The average molecular weight is 286 g/mol. The van der Waals surface area contributed by atoms with Crippen LogP contribution < -0.4 is 5.73 Å². The normalized spacial score (nSPS) is 16.3. The molecule has 2 N–H and O–H groups in total. The van der Waals surface area contributed by atoms with E-state index in [1.165, 1.54) is 0 Å². The molecule has 1 heterocycles. The summed E-state index contributed by atoms with van der Waals surface area (Å²) in [5.41, 5.74) is 9.50. The molecule has 5 heteroatoms. The molecule has 0 aromatic heterocycles. The first-order chi connectivity index (χ1) is 9.55. The Balaban J connectivity index is 2.07. The van der Waals surface area contributed by atoms with Crippen molar-refractivity contribution in [2.75, 3.05) is 0 Å². The van der Waals surface area contributed by atoms with Gasteiger partial charge in [-0.25, -0.2) is 8.42 Å². The van der Waals surface area contributed by atoms with Crippen LogP contribution in [0.2, 0.25) is 0 Å². The van der Waals surface area contributed by atoms with E-state index in [4.69, 9.17) is 5.73 Å². The standard InChI is InChI=1S/C15H14N2O2S/c16-15-14-12(9-11-5-2-1-3-6-11)7-4-8-13(14)10-20(18,19)17-15/h1-8H,9-10H2,(H2,16,17). The Morgan fingerprint density at radius 2 is 1.80 bits per heavy atom. The lowest BCUT2D eigenvalue weighted by atomic mass is 9.95. The van der Waals surface area contributed by atoms with Gasteiger partial charge in [0, 0.05) is 5.56 Å². The van der Waals surface area contributed by atoms with Crippen molar-refractivity contribution in [1.82, 2.24) is 0 Å². The maximum Gasteiger partial charge on any atom is 0.259 e. The van der Waals surface area contributed by atoms with Gasteiger partial charge in [0.15, 0.2) is 0 Å². The summed E-state index contributed by atoms with van der Waals surface area (Å²) in [5.74, 6) is 0.0175. The summed E-state index contributed by atoms with van der Waals surface area (Å²) >= 11 is 0. The molecule has 0 amide bonds. The predicted molar refractivity (Wildman–Crippen MR) is 79.0 cm³/mol. The van der Waals surface area contributed by atoms with Crippen LogP contribution in [0.1, 0.15) is 22.3 Å². The van der Waals surface area contributed by atoms with Crippen LogP contribution in [0.5, 0.6) is 0 Å². The molecule has 0 aliphatic carbocycles. The number of hydrogen-bond acceptors (Lipinski definition) is 3. The van der Waals surface area contributed by atoms with Crippen LogP contribution in [0.3, 0.4) is 0 Å². The van der Waals surface area contributed by atoms with Gasteiger partial charge in [0.2, 0.25) is 0 Å². The molecule has 102 valence electrons. The molecule has 20 heavy (non-hydrogen) atoms. The molecule has 0 spiro atoms. The molecule has 2 aromatic carbocycles. The maximum atomic E-state index is 11.6. The minimum absolute atomic E-state index is 0.0777. The zero-order valence-electron chi connectivity index (χ0n) is 10.8. The highest BCUT2D eigenvalue weighted by atomic mass is 32.2. The van der Waals surface area contributed by atoms with E-state index in [2.05, 4.69) is 4.40 Å². The molecule has 0 unspecified atom stereocenters. The van der Waals surface area contributed by atoms with E-state index in [-0.39, 0.29) is 11.6 Å². The van der Waals surface area contributed by atoms with Crippen molar-refractivity contribution in [2.45, 2.75) is 12.2 Å². The first kappa shape index (κ1) is 12.9. The van der Waals surface area contributed by atoms with Crippen molar-refractivity contribution >= 4 is 15.9 Å². The molecule has 0 saturated carbocycles. The highest BCUT2D eigenvalue weighted by Gasteiger charge is 2.24. The lowest BCUT2D eigenvalue weighted by Crippen LogP contribution is -2.25. The lowest BCUT2D eigenvalue weighted by Gasteiger charge is -2.17. The Kier molecular flexibility index (Phi) is 3.06. The summed E-state index contributed by atoms with van der Waals surface area (Å²) in [6.07, 6.45) is 0.709. The van der Waals surface area contributed by atoms with Gasteiger partial charge < -0.3 is 5.73 Å². The Hall–Kier alpha value is -2.14. The summed E-state index contributed by atoms with van der Waals surface area (Å²) in [7, 11) is -3.47. The number of sulfonamides is 1. The fourth-order valence-corrected chi connectivity index (χ4v) is 3.58. The van der Waals surface area contributed by atoms with E-state index in [0.29, 0.717) is 6.42 Å². The van der Waals surface area contributed by atoms with Gasteiger partial charge in [-0.2, -0.15) is 0 Å². The topological polar surface area (TPSA) is 72.5 Å². The van der Waals surface area contributed by atoms with Crippen LogP contribution in [0.15, 0.2) is 52.9 Å². The number of hydrogen-bond donors (Lipinski definition) is 1. The number of nitrogens with zero attached hydrogens (tertiary/aromatic N) is 1. The first-order valence-corrected chi connectivity index (χ1v) is 7.89. The largest absolute Gasteiger partial charge is 0.383 e. The smallest absolute Gasteiger partial charge is 0.259 e. The molecule has 0 saturated heterocycles. The van der Waals surface area contributed by atoms with E-state index in [1.807, 2.05) is 42.5 Å². The van der Waals surface area contributed by atoms with E-state index < -0.39 is 10.0 Å². The van der Waals surface area contributed by atoms with E-state index in [1.54, 1.807) is 6.07 Å². The van der Waals surface area contributed by atoms with Crippen molar-refractivity contribution in [2.24, 2.45) is 10.1 Å². The third-order valence-electron chi connectivity index (χ3n) is 3.31. The van der Waals surface area contributed by atoms with Crippen LogP contribution in [0.4, 0.5) is 0 Å². The third kappa shape index (κ3) is 2.44. The quantitative estimate of drug-likeness (QED) is 0.915. The molecule has 4 nitrogen and oxygen atoms in total. The molecule has 1 aliphatic rings. The Labute approximate surface area is 118 Å². The third-order valence-corrected chi connectivity index (χ3v) is 4.46. The highest BCUT2D eigenvalue weighted by Crippen LogP contribution is 2.24. The molecule has 1 aliphatic heterocycles. The number of nitrogens with two attached hydrogens (primary N) is 1. The minimum Gasteiger partial charge on any atom is -0.383 e. The van der Waals surface area contributed by atoms with E-state index in [9.17, 15) is 8.42 Å². The summed E-state index contributed by atoms with van der Waals surface area (Å²) in [5, 5.41) is 0. The van der Waals surface area contributed by atoms with Gasteiger partial charge in [0.05, 0.1) is 5.75 Å². The van der Waals surface area contributed by atoms with Crippen molar-refractivity contribution in [3.8, 4) is 0 Å². The highest BCUT2D eigenvalue weighted by molar-refractivity contribution is 7.89. The van der Waals surface area contributed by atoms with Crippen molar-refractivity contribution < 1.29 is 8.42 Å². The molecule has 0 bridgehead atoms. The second-order valence-corrected chi connectivity index (χ2v) is 6.45. The Morgan fingerprint density at radius 3 is 2.55 bits per heavy atom. The summed E-state index contributed by atoms with van der Waals surface area (Å²) in [6, 6.07) is 15.6. The molecular formula is C15H14N2O2S. The van der Waals surface area contributed by atoms with Crippen molar-refractivity contribution in [3.05, 3.63) is 70.8 Å². The fraction of sp³-hybridized carbons (Fsp3) is 0.133. The molecular weight excluding hydrogens is 272 g/mol. The van der Waals surface area contributed by atoms with Gasteiger partial charge in [-0.3, -0.25) is 0 Å². The molecule has 0 fully saturated rings. The zero-order chi connectivity index (χ0) is 14.2. The van der Waals surface area contributed by atoms with Crippen molar-refractivity contribution in [1.29, 1.82) is 0 Å². The van der Waals surface area contributed by atoms with Crippen LogP contribution >= 0.6 is 0 Å². The SMILES string of the molecule is NC1=NS(=O)(=O)Cc2cccc(Cc3ccccc3)c21. The van der Waals surface area contributed by atoms with Gasteiger partial charge in [-0.1, -0.05) is 48.5 Å². The van der Waals surface area contributed by atoms with E-state index >= 15 is 0 Å². The van der Waals surface area contributed by atoms with Gasteiger partial charge >= 0.3 is 0 Å². The van der Waals surface area contributed by atoms with Gasteiger partial charge in [0.25, 0.3) is 10.0 Å². The van der Waals surface area contributed by atoms with Gasteiger partial charge in [-0.15, -0.1) is 4.40 Å². The number of fused-ring (bicyclic) bond motifs is 1. The van der Waals surface area contributed by atoms with Crippen LogP contribution in [0.25, 0.3) is 0 Å². The molecule has 2 aromatic rings. The average Bonchev–Trinajstić information content (AvgIpc) is 2.38. The summed E-state index contributed by atoms with van der Waals surface area (Å²) < 4.78 is 26.9. The van der Waals surface area contributed by atoms with Crippen molar-refractivity contribution in [3.63, 3.8) is 0 Å².